The summed E-state index contributed by atoms with van der Waals surface area (Å²) in [5.74, 6) is -0.992. The van der Waals surface area contributed by atoms with Crippen LogP contribution in [0.15, 0.2) is 71.6 Å². The molecule has 4 rings (SSSR count). The number of sulfonamides is 1. The summed E-state index contributed by atoms with van der Waals surface area (Å²) in [5, 5.41) is 3.96. The summed E-state index contributed by atoms with van der Waals surface area (Å²) < 4.78 is 41.0. The third-order valence-corrected chi connectivity index (χ3v) is 6.75. The first-order chi connectivity index (χ1) is 15.2. The minimum absolute atomic E-state index is 0.0685. The molecule has 1 heterocycles. The number of nitrogens with one attached hydrogen (secondary N) is 3. The molecule has 1 aromatic heterocycles. The van der Waals surface area contributed by atoms with E-state index in [-0.39, 0.29) is 16.5 Å². The maximum Gasteiger partial charge on any atom is 0.261 e. The zero-order valence-corrected chi connectivity index (χ0v) is 18.4. The number of carbonyl (C=O) groups excluding carboxylic acids is 1. The molecule has 32 heavy (non-hydrogen) atoms. The zero-order valence-electron chi connectivity index (χ0n) is 17.6. The van der Waals surface area contributed by atoms with Gasteiger partial charge in [0.25, 0.3) is 15.9 Å². The van der Waals surface area contributed by atoms with E-state index in [0.29, 0.717) is 12.1 Å². The van der Waals surface area contributed by atoms with Crippen molar-refractivity contribution in [3.8, 4) is 0 Å². The van der Waals surface area contributed by atoms with E-state index < -0.39 is 15.8 Å². The van der Waals surface area contributed by atoms with E-state index in [4.69, 9.17) is 0 Å². The van der Waals surface area contributed by atoms with Gasteiger partial charge >= 0.3 is 0 Å². The fourth-order valence-electron chi connectivity index (χ4n) is 3.44. The quantitative estimate of drug-likeness (QED) is 0.398. The van der Waals surface area contributed by atoms with E-state index in [0.717, 1.165) is 22.2 Å². The lowest BCUT2D eigenvalue weighted by Crippen LogP contribution is -2.23. The van der Waals surface area contributed by atoms with Crippen LogP contribution in [0.5, 0.6) is 0 Å². The molecule has 4 aromatic rings. The maximum absolute atomic E-state index is 13.8. The standard InChI is InChI=1S/C24H22FN3O3S/c1-15-16(2)27-22-12-7-17(13-20(15)22)14-26-24(29)18-8-10-19(11-9-18)32(30,31)28-23-6-4-3-5-21(23)25/h3-13,27-28H,14H2,1-2H3,(H,26,29). The minimum Gasteiger partial charge on any atom is -0.358 e. The second kappa shape index (κ2) is 8.47. The highest BCUT2D eigenvalue weighted by Crippen LogP contribution is 2.23. The second-order valence-electron chi connectivity index (χ2n) is 7.55. The molecule has 1 amide bonds. The van der Waals surface area contributed by atoms with Crippen LogP contribution >= 0.6 is 0 Å². The van der Waals surface area contributed by atoms with Crippen molar-refractivity contribution in [1.29, 1.82) is 0 Å². The number of halogens is 1. The summed E-state index contributed by atoms with van der Waals surface area (Å²) in [5.41, 5.74) is 4.48. The zero-order chi connectivity index (χ0) is 22.9. The molecule has 0 spiro atoms. The van der Waals surface area contributed by atoms with Crippen LogP contribution in [-0.2, 0) is 16.6 Å². The number of hydrogen-bond donors (Lipinski definition) is 3. The van der Waals surface area contributed by atoms with Gasteiger partial charge in [0.15, 0.2) is 0 Å². The second-order valence-corrected chi connectivity index (χ2v) is 9.23. The van der Waals surface area contributed by atoms with Gasteiger partial charge < -0.3 is 10.3 Å². The molecule has 0 saturated carbocycles. The SMILES string of the molecule is Cc1[nH]c2ccc(CNC(=O)c3ccc(S(=O)(=O)Nc4ccccc4F)cc3)cc2c1C. The third kappa shape index (κ3) is 4.36. The first-order valence-corrected chi connectivity index (χ1v) is 11.5. The van der Waals surface area contributed by atoms with Crippen LogP contribution in [-0.4, -0.2) is 19.3 Å². The van der Waals surface area contributed by atoms with Gasteiger partial charge in [0, 0.05) is 28.7 Å². The Hall–Kier alpha value is -3.65. The Balaban J connectivity index is 1.44. The normalized spacial score (nSPS) is 11.5. The van der Waals surface area contributed by atoms with E-state index in [2.05, 4.69) is 15.0 Å². The fourth-order valence-corrected chi connectivity index (χ4v) is 4.50. The highest BCUT2D eigenvalue weighted by molar-refractivity contribution is 7.92. The van der Waals surface area contributed by atoms with Gasteiger partial charge in [-0.15, -0.1) is 0 Å². The van der Waals surface area contributed by atoms with Gasteiger partial charge in [0.1, 0.15) is 5.82 Å². The molecular weight excluding hydrogens is 429 g/mol. The number of carbonyl (C=O) groups is 1. The van der Waals surface area contributed by atoms with Crippen LogP contribution in [0.2, 0.25) is 0 Å². The summed E-state index contributed by atoms with van der Waals surface area (Å²) in [6, 6.07) is 17.0. The Morgan fingerprint density at radius 2 is 1.72 bits per heavy atom. The fraction of sp³-hybridized carbons (Fsp3) is 0.125. The molecule has 0 radical (unpaired) electrons. The molecule has 0 aliphatic rings. The highest BCUT2D eigenvalue weighted by Gasteiger charge is 2.17. The number of anilines is 1. The van der Waals surface area contributed by atoms with E-state index >= 15 is 0 Å². The predicted molar refractivity (Wildman–Crippen MR) is 123 cm³/mol. The number of amides is 1. The first-order valence-electron chi connectivity index (χ1n) is 9.98. The number of aromatic amines is 1. The molecule has 8 heteroatoms. The van der Waals surface area contributed by atoms with Crippen molar-refractivity contribution in [3.05, 3.63) is 94.9 Å². The Morgan fingerprint density at radius 3 is 2.44 bits per heavy atom. The van der Waals surface area contributed by atoms with Crippen molar-refractivity contribution in [2.24, 2.45) is 0 Å². The number of aromatic nitrogens is 1. The molecule has 0 unspecified atom stereocenters. The van der Waals surface area contributed by atoms with Gasteiger partial charge in [-0.2, -0.15) is 0 Å². The molecule has 0 fully saturated rings. The Morgan fingerprint density at radius 1 is 1.00 bits per heavy atom. The van der Waals surface area contributed by atoms with Crippen molar-refractivity contribution in [2.45, 2.75) is 25.3 Å². The lowest BCUT2D eigenvalue weighted by Gasteiger charge is -2.10. The summed E-state index contributed by atoms with van der Waals surface area (Å²) in [6.07, 6.45) is 0. The summed E-state index contributed by atoms with van der Waals surface area (Å²) in [6.45, 7) is 4.41. The average molecular weight is 452 g/mol. The Kier molecular flexibility index (Phi) is 5.71. The van der Waals surface area contributed by atoms with Gasteiger partial charge in [-0.1, -0.05) is 18.2 Å². The van der Waals surface area contributed by atoms with E-state index in [1.54, 1.807) is 0 Å². The average Bonchev–Trinajstić information content (AvgIpc) is 3.07. The monoisotopic (exact) mass is 451 g/mol. The summed E-state index contributed by atoms with van der Waals surface area (Å²) in [7, 11) is -3.98. The Labute approximate surface area is 185 Å². The van der Waals surface area contributed by atoms with Gasteiger partial charge in [-0.05, 0) is 73.5 Å². The van der Waals surface area contributed by atoms with Crippen LogP contribution in [0.4, 0.5) is 10.1 Å². The molecule has 0 bridgehead atoms. The predicted octanol–water partition coefficient (Wildman–Crippen LogP) is 4.65. The lowest BCUT2D eigenvalue weighted by atomic mass is 10.1. The van der Waals surface area contributed by atoms with Crippen molar-refractivity contribution in [2.75, 3.05) is 4.72 Å². The van der Waals surface area contributed by atoms with Crippen molar-refractivity contribution < 1.29 is 17.6 Å². The maximum atomic E-state index is 13.8. The number of aryl methyl sites for hydroxylation is 2. The largest absolute Gasteiger partial charge is 0.358 e. The molecule has 164 valence electrons. The Bertz CT molecular complexity index is 1410. The smallest absolute Gasteiger partial charge is 0.261 e. The van der Waals surface area contributed by atoms with Crippen molar-refractivity contribution in [3.63, 3.8) is 0 Å². The van der Waals surface area contributed by atoms with Crippen molar-refractivity contribution >= 4 is 32.5 Å². The van der Waals surface area contributed by atoms with Crippen LogP contribution in [0.3, 0.4) is 0 Å². The van der Waals surface area contributed by atoms with Crippen LogP contribution in [0, 0.1) is 19.7 Å². The van der Waals surface area contributed by atoms with Gasteiger partial charge in [-0.3, -0.25) is 9.52 Å². The van der Waals surface area contributed by atoms with Crippen molar-refractivity contribution in [1.82, 2.24) is 10.3 Å². The number of benzene rings is 3. The minimum atomic E-state index is -3.98. The molecule has 0 aliphatic heterocycles. The first kappa shape index (κ1) is 21.6. The summed E-state index contributed by atoms with van der Waals surface area (Å²) >= 11 is 0. The molecule has 0 saturated heterocycles. The number of rotatable bonds is 6. The van der Waals surface area contributed by atoms with E-state index in [1.165, 1.54) is 54.1 Å². The van der Waals surface area contributed by atoms with Crippen LogP contribution in [0.25, 0.3) is 10.9 Å². The van der Waals surface area contributed by atoms with Gasteiger partial charge in [0.05, 0.1) is 10.6 Å². The topological polar surface area (TPSA) is 91.1 Å². The molecule has 0 aliphatic carbocycles. The van der Waals surface area contributed by atoms with Gasteiger partial charge in [0.2, 0.25) is 0 Å². The lowest BCUT2D eigenvalue weighted by molar-refractivity contribution is 0.0951. The molecule has 3 aromatic carbocycles. The third-order valence-electron chi connectivity index (χ3n) is 5.37. The van der Waals surface area contributed by atoms with Crippen LogP contribution in [0.1, 0.15) is 27.2 Å². The molecule has 6 nitrogen and oxygen atoms in total. The van der Waals surface area contributed by atoms with E-state index in [1.807, 2.05) is 32.0 Å². The molecular formula is C24H22FN3O3S. The number of fused-ring (bicyclic) bond motifs is 1. The highest BCUT2D eigenvalue weighted by atomic mass is 32.2. The van der Waals surface area contributed by atoms with E-state index in [9.17, 15) is 17.6 Å². The number of H-pyrrole nitrogens is 1. The molecule has 3 N–H and O–H groups in total. The van der Waals surface area contributed by atoms with Gasteiger partial charge in [-0.25, -0.2) is 12.8 Å². The molecule has 0 atom stereocenters. The number of hydrogen-bond acceptors (Lipinski definition) is 3. The number of para-hydroxylation sites is 1. The van der Waals surface area contributed by atoms with Crippen LogP contribution < -0.4 is 10.0 Å². The summed E-state index contributed by atoms with van der Waals surface area (Å²) in [4.78, 5) is 15.8.